The van der Waals surface area contributed by atoms with E-state index < -0.39 is 0 Å². The fourth-order valence-corrected chi connectivity index (χ4v) is 2.32. The summed E-state index contributed by atoms with van der Waals surface area (Å²) in [6, 6.07) is 12.0. The molecule has 21 heavy (non-hydrogen) atoms. The maximum absolute atomic E-state index is 13.9. The number of hydrogen-bond donors (Lipinski definition) is 1. The van der Waals surface area contributed by atoms with Crippen LogP contribution in [0.25, 0.3) is 22.2 Å². The van der Waals surface area contributed by atoms with Gasteiger partial charge in [-0.25, -0.2) is 14.4 Å². The number of nitrogen functional groups attached to an aromatic ring is 1. The van der Waals surface area contributed by atoms with Gasteiger partial charge in [0.25, 0.3) is 0 Å². The predicted molar refractivity (Wildman–Crippen MR) is 80.1 cm³/mol. The molecule has 2 aromatic carbocycles. The quantitative estimate of drug-likeness (QED) is 0.802. The average molecular weight is 283 g/mol. The normalized spacial score (nSPS) is 11.0. The minimum absolute atomic E-state index is 0.268. The summed E-state index contributed by atoms with van der Waals surface area (Å²) in [7, 11) is 1.59. The number of nitrogens with zero attached hydrogens (tertiary/aromatic N) is 2. The number of aromatic nitrogens is 2. The summed E-state index contributed by atoms with van der Waals surface area (Å²) >= 11 is 0. The lowest BCUT2D eigenvalue weighted by atomic mass is 10.0. The van der Waals surface area contributed by atoms with E-state index in [-0.39, 0.29) is 5.82 Å². The van der Waals surface area contributed by atoms with E-state index in [9.17, 15) is 4.39 Å². The van der Waals surface area contributed by atoms with Crippen LogP contribution in [-0.2, 0) is 11.3 Å². The molecule has 0 atom stereocenters. The Kier molecular flexibility index (Phi) is 3.50. The fourth-order valence-electron chi connectivity index (χ4n) is 2.32. The third-order valence-corrected chi connectivity index (χ3v) is 3.20. The minimum atomic E-state index is -0.268. The molecule has 0 fully saturated rings. The van der Waals surface area contributed by atoms with Crippen molar-refractivity contribution in [1.29, 1.82) is 0 Å². The highest BCUT2D eigenvalue weighted by Gasteiger charge is 2.11. The van der Waals surface area contributed by atoms with Crippen molar-refractivity contribution in [2.45, 2.75) is 6.61 Å². The Bertz CT molecular complexity index is 805. The van der Waals surface area contributed by atoms with Gasteiger partial charge < -0.3 is 10.5 Å². The van der Waals surface area contributed by atoms with Crippen LogP contribution in [0.15, 0.2) is 42.5 Å². The summed E-state index contributed by atoms with van der Waals surface area (Å²) in [6.07, 6.45) is 0. The molecule has 106 valence electrons. The second-order valence-corrected chi connectivity index (χ2v) is 4.68. The van der Waals surface area contributed by atoms with Gasteiger partial charge in [0.1, 0.15) is 11.6 Å². The molecule has 5 heteroatoms. The predicted octanol–water partition coefficient (Wildman–Crippen LogP) is 3.16. The first kappa shape index (κ1) is 13.5. The zero-order valence-electron chi connectivity index (χ0n) is 11.5. The van der Waals surface area contributed by atoms with Crippen molar-refractivity contribution < 1.29 is 9.13 Å². The number of hydrogen-bond acceptors (Lipinski definition) is 4. The summed E-state index contributed by atoms with van der Waals surface area (Å²) in [4.78, 5) is 8.69. The van der Waals surface area contributed by atoms with Crippen LogP contribution in [0.5, 0.6) is 0 Å². The lowest BCUT2D eigenvalue weighted by Crippen LogP contribution is -2.01. The van der Waals surface area contributed by atoms with Gasteiger partial charge in [-0.1, -0.05) is 24.3 Å². The third-order valence-electron chi connectivity index (χ3n) is 3.20. The number of nitrogens with two attached hydrogens (primary N) is 1. The molecule has 0 aliphatic rings. The van der Waals surface area contributed by atoms with Gasteiger partial charge in [0.15, 0.2) is 5.82 Å². The van der Waals surface area contributed by atoms with Crippen LogP contribution < -0.4 is 5.73 Å². The van der Waals surface area contributed by atoms with Crippen molar-refractivity contribution in [3.8, 4) is 11.4 Å². The maximum atomic E-state index is 13.9. The molecule has 0 amide bonds. The molecule has 0 aliphatic carbocycles. The van der Waals surface area contributed by atoms with Gasteiger partial charge in [-0.2, -0.15) is 0 Å². The van der Waals surface area contributed by atoms with E-state index in [1.807, 2.05) is 12.1 Å². The molecule has 3 rings (SSSR count). The monoisotopic (exact) mass is 283 g/mol. The summed E-state index contributed by atoms with van der Waals surface area (Å²) in [6.45, 7) is 0.346. The number of methoxy groups -OCH3 is 1. The molecular formula is C16H14FN3O. The third kappa shape index (κ3) is 2.55. The molecule has 0 saturated carbocycles. The Morgan fingerprint density at radius 2 is 1.86 bits per heavy atom. The molecule has 1 heterocycles. The number of halogens is 1. The maximum Gasteiger partial charge on any atom is 0.162 e. The van der Waals surface area contributed by atoms with Crippen molar-refractivity contribution in [2.24, 2.45) is 0 Å². The van der Waals surface area contributed by atoms with Crippen molar-refractivity contribution in [1.82, 2.24) is 9.97 Å². The Labute approximate surface area is 121 Å². The molecule has 0 spiro atoms. The molecule has 4 nitrogen and oxygen atoms in total. The number of ether oxygens (including phenoxy) is 1. The van der Waals surface area contributed by atoms with E-state index in [4.69, 9.17) is 10.5 Å². The van der Waals surface area contributed by atoms with E-state index >= 15 is 0 Å². The lowest BCUT2D eigenvalue weighted by Gasteiger charge is -2.09. The van der Waals surface area contributed by atoms with Gasteiger partial charge in [-0.15, -0.1) is 0 Å². The summed E-state index contributed by atoms with van der Waals surface area (Å²) in [5.74, 6) is 0.564. The van der Waals surface area contributed by atoms with E-state index in [0.717, 1.165) is 10.9 Å². The standard InChI is InChI=1S/C16H14FN3O/c1-21-9-10-8-15(18)20-16(19-10)13-6-7-14(17)12-5-3-2-4-11(12)13/h2-8H,9H2,1H3,(H2,18,19,20). The number of rotatable bonds is 3. The average Bonchev–Trinajstić information content (AvgIpc) is 2.47. The zero-order chi connectivity index (χ0) is 14.8. The largest absolute Gasteiger partial charge is 0.384 e. The van der Waals surface area contributed by atoms with E-state index in [0.29, 0.717) is 29.3 Å². The first-order valence-corrected chi connectivity index (χ1v) is 6.49. The van der Waals surface area contributed by atoms with Gasteiger partial charge in [-0.05, 0) is 17.5 Å². The van der Waals surface area contributed by atoms with Crippen LogP contribution in [0.4, 0.5) is 10.2 Å². The van der Waals surface area contributed by atoms with Gasteiger partial charge in [0.05, 0.1) is 12.3 Å². The zero-order valence-corrected chi connectivity index (χ0v) is 11.5. The van der Waals surface area contributed by atoms with Crippen molar-refractivity contribution >= 4 is 16.6 Å². The number of anilines is 1. The molecule has 0 bridgehead atoms. The van der Waals surface area contributed by atoms with Crippen LogP contribution >= 0.6 is 0 Å². The lowest BCUT2D eigenvalue weighted by molar-refractivity contribution is 0.181. The fraction of sp³-hybridized carbons (Fsp3) is 0.125. The minimum Gasteiger partial charge on any atom is -0.384 e. The second kappa shape index (κ2) is 5.46. The number of fused-ring (bicyclic) bond motifs is 1. The van der Waals surface area contributed by atoms with Crippen LogP contribution in [0.1, 0.15) is 5.69 Å². The second-order valence-electron chi connectivity index (χ2n) is 4.68. The Morgan fingerprint density at radius 1 is 1.10 bits per heavy atom. The molecule has 0 unspecified atom stereocenters. The van der Waals surface area contributed by atoms with E-state index in [1.54, 1.807) is 31.4 Å². The summed E-state index contributed by atoms with van der Waals surface area (Å²) in [5.41, 5.74) is 7.26. The number of benzene rings is 2. The van der Waals surface area contributed by atoms with Gasteiger partial charge in [-0.3, -0.25) is 0 Å². The van der Waals surface area contributed by atoms with Crippen LogP contribution in [0.3, 0.4) is 0 Å². The molecule has 0 saturated heterocycles. The van der Waals surface area contributed by atoms with Crippen molar-refractivity contribution in [3.63, 3.8) is 0 Å². The first-order valence-electron chi connectivity index (χ1n) is 6.49. The molecular weight excluding hydrogens is 269 g/mol. The Morgan fingerprint density at radius 3 is 2.62 bits per heavy atom. The first-order chi connectivity index (χ1) is 10.2. The highest BCUT2D eigenvalue weighted by molar-refractivity contribution is 5.95. The van der Waals surface area contributed by atoms with Crippen LogP contribution in [-0.4, -0.2) is 17.1 Å². The summed E-state index contributed by atoms with van der Waals surface area (Å²) < 4.78 is 19.0. The highest BCUT2D eigenvalue weighted by Crippen LogP contribution is 2.28. The summed E-state index contributed by atoms with van der Waals surface area (Å²) in [5, 5.41) is 1.29. The molecule has 3 aromatic rings. The molecule has 1 aromatic heterocycles. The van der Waals surface area contributed by atoms with E-state index in [2.05, 4.69) is 9.97 Å². The van der Waals surface area contributed by atoms with Crippen LogP contribution in [0, 0.1) is 5.82 Å². The molecule has 0 radical (unpaired) electrons. The molecule has 0 aliphatic heterocycles. The topological polar surface area (TPSA) is 61.0 Å². The smallest absolute Gasteiger partial charge is 0.162 e. The van der Waals surface area contributed by atoms with Gasteiger partial charge >= 0.3 is 0 Å². The Balaban J connectivity index is 2.23. The Hall–Kier alpha value is -2.53. The van der Waals surface area contributed by atoms with E-state index in [1.165, 1.54) is 6.07 Å². The van der Waals surface area contributed by atoms with Crippen molar-refractivity contribution in [2.75, 3.05) is 12.8 Å². The highest BCUT2D eigenvalue weighted by atomic mass is 19.1. The molecule has 2 N–H and O–H groups in total. The SMILES string of the molecule is COCc1cc(N)nc(-c2ccc(F)c3ccccc23)n1. The van der Waals surface area contributed by atoms with Crippen LogP contribution in [0.2, 0.25) is 0 Å². The van der Waals surface area contributed by atoms with Gasteiger partial charge in [0.2, 0.25) is 0 Å². The van der Waals surface area contributed by atoms with Gasteiger partial charge in [0, 0.05) is 24.1 Å². The van der Waals surface area contributed by atoms with Crippen molar-refractivity contribution in [3.05, 3.63) is 54.0 Å².